The molecule has 0 radical (unpaired) electrons. The summed E-state index contributed by atoms with van der Waals surface area (Å²) in [6, 6.07) is 0.245. The third kappa shape index (κ3) is 3.33. The van der Waals surface area contributed by atoms with Gasteiger partial charge >= 0.3 is 0 Å². The first-order valence-corrected chi connectivity index (χ1v) is 3.66. The minimum Gasteiger partial charge on any atom is -0.370 e. The molecule has 0 saturated carbocycles. The maximum absolute atomic E-state index is 5.21. The minimum absolute atomic E-state index is 0.188. The van der Waals surface area contributed by atoms with Crippen molar-refractivity contribution in [2.45, 2.75) is 33.2 Å². The summed E-state index contributed by atoms with van der Waals surface area (Å²) in [6.45, 7) is 6.29. The molecule has 0 aliphatic rings. The number of nitrogens with zero attached hydrogens (tertiary/aromatic N) is 1. The number of hydrogen-bond donors (Lipinski definition) is 2. The van der Waals surface area contributed by atoms with Crippen LogP contribution in [0.5, 0.6) is 0 Å². The fraction of sp³-hybridized carbons (Fsp3) is 0.857. The van der Waals surface area contributed by atoms with E-state index >= 15 is 0 Å². The van der Waals surface area contributed by atoms with Crippen molar-refractivity contribution in [1.82, 2.24) is 0 Å². The molecule has 0 rings (SSSR count). The quantitative estimate of drug-likeness (QED) is 0.451. The molecule has 0 heterocycles. The van der Waals surface area contributed by atoms with Gasteiger partial charge in [0, 0.05) is 0 Å². The minimum atomic E-state index is 0.188. The molecule has 0 spiro atoms. The fourth-order valence-corrected chi connectivity index (χ4v) is 0.703. The van der Waals surface area contributed by atoms with Crippen LogP contribution in [0.1, 0.15) is 27.2 Å². The lowest BCUT2D eigenvalue weighted by Gasteiger charge is -2.12. The fourth-order valence-electron chi connectivity index (χ4n) is 0.703. The number of rotatable bonds is 3. The van der Waals surface area contributed by atoms with E-state index in [1.807, 2.05) is 6.92 Å². The van der Waals surface area contributed by atoms with Crippen LogP contribution in [0.15, 0.2) is 4.99 Å². The molecule has 3 heteroatoms. The van der Waals surface area contributed by atoms with E-state index in [0.717, 1.165) is 6.42 Å². The van der Waals surface area contributed by atoms with Crippen molar-refractivity contribution in [3.8, 4) is 0 Å². The SMILES string of the molecule is CCC(C)C(C)N=C(N)N. The van der Waals surface area contributed by atoms with Crippen LogP contribution in [0.2, 0.25) is 0 Å². The predicted octanol–water partition coefficient (Wildman–Crippen LogP) is 0.694. The summed E-state index contributed by atoms with van der Waals surface area (Å²) in [5.74, 6) is 0.745. The summed E-state index contributed by atoms with van der Waals surface area (Å²) in [7, 11) is 0. The van der Waals surface area contributed by atoms with Crippen molar-refractivity contribution < 1.29 is 0 Å². The van der Waals surface area contributed by atoms with Gasteiger partial charge in [0.05, 0.1) is 6.04 Å². The normalized spacial score (nSPS) is 15.9. The molecule has 60 valence electrons. The standard InChI is InChI=1S/C7H17N3/c1-4-5(2)6(3)10-7(8)9/h5-6H,4H2,1-3H3,(H4,8,9,10). The number of hydrogen-bond acceptors (Lipinski definition) is 1. The van der Waals surface area contributed by atoms with Crippen molar-refractivity contribution in [1.29, 1.82) is 0 Å². The topological polar surface area (TPSA) is 64.4 Å². The molecule has 0 aromatic carbocycles. The van der Waals surface area contributed by atoms with Crippen molar-refractivity contribution in [3.05, 3.63) is 0 Å². The Hall–Kier alpha value is -0.730. The molecule has 0 fully saturated rings. The summed E-state index contributed by atoms with van der Waals surface area (Å²) >= 11 is 0. The van der Waals surface area contributed by atoms with Crippen LogP contribution in [-0.2, 0) is 0 Å². The highest BCUT2D eigenvalue weighted by atomic mass is 15.0. The summed E-state index contributed by atoms with van der Waals surface area (Å²) in [4.78, 5) is 4.02. The molecule has 3 nitrogen and oxygen atoms in total. The molecule has 0 bridgehead atoms. The second kappa shape index (κ2) is 4.14. The molecule has 0 aromatic rings. The zero-order valence-corrected chi connectivity index (χ0v) is 6.96. The van der Waals surface area contributed by atoms with Gasteiger partial charge < -0.3 is 11.5 Å². The zero-order chi connectivity index (χ0) is 8.15. The van der Waals surface area contributed by atoms with Crippen molar-refractivity contribution in [2.24, 2.45) is 22.4 Å². The third-order valence-electron chi connectivity index (χ3n) is 1.82. The van der Waals surface area contributed by atoms with Crippen molar-refractivity contribution in [3.63, 3.8) is 0 Å². The zero-order valence-electron chi connectivity index (χ0n) is 6.96. The first kappa shape index (κ1) is 9.27. The molecule has 0 aliphatic carbocycles. The lowest BCUT2D eigenvalue weighted by atomic mass is 10.0. The van der Waals surface area contributed by atoms with E-state index in [-0.39, 0.29) is 12.0 Å². The van der Waals surface area contributed by atoms with Crippen LogP contribution >= 0.6 is 0 Å². The molecular formula is C7H17N3. The Balaban J connectivity index is 3.83. The smallest absolute Gasteiger partial charge is 0.186 e. The Morgan fingerprint density at radius 1 is 1.40 bits per heavy atom. The van der Waals surface area contributed by atoms with E-state index in [0.29, 0.717) is 5.92 Å². The van der Waals surface area contributed by atoms with Gasteiger partial charge in [-0.05, 0) is 12.8 Å². The average Bonchev–Trinajstić information content (AvgIpc) is 1.85. The Morgan fingerprint density at radius 3 is 2.20 bits per heavy atom. The highest BCUT2D eigenvalue weighted by Crippen LogP contribution is 2.09. The van der Waals surface area contributed by atoms with Crippen LogP contribution in [0, 0.1) is 5.92 Å². The van der Waals surface area contributed by atoms with Gasteiger partial charge in [0.15, 0.2) is 5.96 Å². The Bertz CT molecular complexity index is 116. The van der Waals surface area contributed by atoms with E-state index in [4.69, 9.17) is 11.5 Å². The second-order valence-corrected chi connectivity index (χ2v) is 2.68. The molecule has 10 heavy (non-hydrogen) atoms. The summed E-state index contributed by atoms with van der Waals surface area (Å²) in [5, 5.41) is 0. The number of nitrogens with two attached hydrogens (primary N) is 2. The van der Waals surface area contributed by atoms with E-state index in [9.17, 15) is 0 Å². The van der Waals surface area contributed by atoms with Crippen molar-refractivity contribution >= 4 is 5.96 Å². The number of guanidine groups is 1. The van der Waals surface area contributed by atoms with Crippen LogP contribution in [0.3, 0.4) is 0 Å². The lowest BCUT2D eigenvalue weighted by molar-refractivity contribution is 0.471. The van der Waals surface area contributed by atoms with E-state index in [1.54, 1.807) is 0 Å². The molecule has 0 aromatic heterocycles. The molecule has 0 aliphatic heterocycles. The van der Waals surface area contributed by atoms with Crippen LogP contribution < -0.4 is 11.5 Å². The van der Waals surface area contributed by atoms with Gasteiger partial charge in [0.2, 0.25) is 0 Å². The molecule has 2 unspecified atom stereocenters. The molecule has 0 saturated heterocycles. The maximum atomic E-state index is 5.21. The third-order valence-corrected chi connectivity index (χ3v) is 1.82. The van der Waals surface area contributed by atoms with Crippen LogP contribution in [-0.4, -0.2) is 12.0 Å². The van der Waals surface area contributed by atoms with Gasteiger partial charge in [0.1, 0.15) is 0 Å². The van der Waals surface area contributed by atoms with Crippen molar-refractivity contribution in [2.75, 3.05) is 0 Å². The van der Waals surface area contributed by atoms with Gasteiger partial charge in [-0.25, -0.2) is 0 Å². The monoisotopic (exact) mass is 143 g/mol. The van der Waals surface area contributed by atoms with Crippen LogP contribution in [0.25, 0.3) is 0 Å². The van der Waals surface area contributed by atoms with Gasteiger partial charge in [-0.15, -0.1) is 0 Å². The van der Waals surface area contributed by atoms with E-state index in [1.165, 1.54) is 0 Å². The Labute approximate surface area is 62.5 Å². The lowest BCUT2D eigenvalue weighted by Crippen LogP contribution is -2.26. The van der Waals surface area contributed by atoms with Gasteiger partial charge in [0.25, 0.3) is 0 Å². The second-order valence-electron chi connectivity index (χ2n) is 2.68. The van der Waals surface area contributed by atoms with Crippen LogP contribution in [0.4, 0.5) is 0 Å². The highest BCUT2D eigenvalue weighted by Gasteiger charge is 2.07. The Kier molecular flexibility index (Phi) is 3.84. The molecular weight excluding hydrogens is 126 g/mol. The summed E-state index contributed by atoms with van der Waals surface area (Å²) in [6.07, 6.45) is 1.11. The predicted molar refractivity (Wildman–Crippen MR) is 44.7 cm³/mol. The molecule has 0 amide bonds. The van der Waals surface area contributed by atoms with E-state index < -0.39 is 0 Å². The Morgan fingerprint density at radius 2 is 1.90 bits per heavy atom. The molecule has 2 atom stereocenters. The highest BCUT2D eigenvalue weighted by molar-refractivity contribution is 5.75. The van der Waals surface area contributed by atoms with E-state index in [2.05, 4.69) is 18.8 Å². The number of aliphatic imine (C=N–C) groups is 1. The van der Waals surface area contributed by atoms with Gasteiger partial charge in [-0.1, -0.05) is 20.3 Å². The first-order valence-electron chi connectivity index (χ1n) is 3.66. The molecule has 4 N–H and O–H groups in total. The largest absolute Gasteiger partial charge is 0.370 e. The van der Waals surface area contributed by atoms with Gasteiger partial charge in [-0.3, -0.25) is 4.99 Å². The average molecular weight is 143 g/mol. The van der Waals surface area contributed by atoms with Gasteiger partial charge in [-0.2, -0.15) is 0 Å². The maximum Gasteiger partial charge on any atom is 0.186 e. The first-order chi connectivity index (χ1) is 4.57. The summed E-state index contributed by atoms with van der Waals surface area (Å²) in [5.41, 5.74) is 10.4. The summed E-state index contributed by atoms with van der Waals surface area (Å²) < 4.78 is 0.